The molecule has 3 rings (SSSR count). The number of ether oxygens (including phenoxy) is 1. The lowest BCUT2D eigenvalue weighted by Crippen LogP contribution is -3.10. The number of benzene rings is 1. The molecule has 2 N–H and O–H groups in total. The Morgan fingerprint density at radius 3 is 2.64 bits per heavy atom. The molecular weight excluding hydrogens is 274 g/mol. The van der Waals surface area contributed by atoms with E-state index in [-0.39, 0.29) is 0 Å². The Kier molecular flexibility index (Phi) is 4.21. The van der Waals surface area contributed by atoms with Gasteiger partial charge >= 0.3 is 0 Å². The summed E-state index contributed by atoms with van der Waals surface area (Å²) in [6.45, 7) is 4.70. The van der Waals surface area contributed by atoms with Crippen LogP contribution >= 0.6 is 0 Å². The summed E-state index contributed by atoms with van der Waals surface area (Å²) < 4.78 is 5.35. The van der Waals surface area contributed by atoms with Crippen molar-refractivity contribution < 1.29 is 14.6 Å². The minimum Gasteiger partial charge on any atom is -0.497 e. The molecule has 0 unspecified atom stereocenters. The summed E-state index contributed by atoms with van der Waals surface area (Å²) in [4.78, 5) is 7.65. The predicted octanol–water partition coefficient (Wildman–Crippen LogP) is 1.08. The molecule has 118 valence electrons. The van der Waals surface area contributed by atoms with Gasteiger partial charge in [-0.3, -0.25) is 4.90 Å². The van der Waals surface area contributed by atoms with E-state index >= 15 is 0 Å². The molecule has 2 heterocycles. The molecule has 0 bridgehead atoms. The van der Waals surface area contributed by atoms with Crippen molar-refractivity contribution in [1.82, 2.24) is 0 Å². The van der Waals surface area contributed by atoms with E-state index in [1.54, 1.807) is 12.0 Å². The number of hydrogen-bond donors (Lipinski definition) is 1. The highest BCUT2D eigenvalue weighted by Gasteiger charge is 2.28. The van der Waals surface area contributed by atoms with Crippen molar-refractivity contribution in [3.8, 4) is 5.75 Å². The summed E-state index contributed by atoms with van der Waals surface area (Å²) in [5.41, 5.74) is 2.44. The SMILES string of the molecule is COc1ccc2c(C)cc(N(C)C3CC[NH+](C)CC3)[nH+]c2c1. The fourth-order valence-electron chi connectivity index (χ4n) is 3.42. The van der Waals surface area contributed by atoms with Crippen molar-refractivity contribution in [3.63, 3.8) is 0 Å². The topological polar surface area (TPSA) is 31.1 Å². The number of likely N-dealkylation sites (tertiary alicyclic amines) is 1. The number of H-pyrrole nitrogens is 1. The molecule has 1 aromatic carbocycles. The van der Waals surface area contributed by atoms with Gasteiger partial charge in [-0.15, -0.1) is 0 Å². The lowest BCUT2D eigenvalue weighted by molar-refractivity contribution is -0.884. The van der Waals surface area contributed by atoms with Gasteiger partial charge in [-0.2, -0.15) is 0 Å². The Hall–Kier alpha value is -1.81. The van der Waals surface area contributed by atoms with E-state index in [4.69, 9.17) is 4.74 Å². The van der Waals surface area contributed by atoms with Crippen molar-refractivity contribution >= 4 is 16.7 Å². The van der Waals surface area contributed by atoms with Crippen molar-refractivity contribution in [2.45, 2.75) is 25.8 Å². The smallest absolute Gasteiger partial charge is 0.275 e. The van der Waals surface area contributed by atoms with Crippen molar-refractivity contribution in [2.75, 3.05) is 39.2 Å². The van der Waals surface area contributed by atoms with Crippen LogP contribution in [0.3, 0.4) is 0 Å². The van der Waals surface area contributed by atoms with Crippen LogP contribution in [-0.4, -0.2) is 40.3 Å². The maximum absolute atomic E-state index is 5.35. The zero-order valence-electron chi connectivity index (χ0n) is 14.1. The van der Waals surface area contributed by atoms with Gasteiger partial charge in [0.1, 0.15) is 17.3 Å². The minimum atomic E-state index is 0.627. The highest BCUT2D eigenvalue weighted by atomic mass is 16.5. The molecule has 2 aromatic rings. The Morgan fingerprint density at radius 1 is 1.23 bits per heavy atom. The molecule has 1 aromatic heterocycles. The largest absolute Gasteiger partial charge is 0.497 e. The first-order valence-corrected chi connectivity index (χ1v) is 8.13. The van der Waals surface area contributed by atoms with E-state index in [0.717, 1.165) is 11.3 Å². The Bertz CT molecular complexity index is 663. The van der Waals surface area contributed by atoms with E-state index in [2.05, 4.69) is 49.1 Å². The third kappa shape index (κ3) is 2.88. The molecule has 1 saturated heterocycles. The number of pyridine rings is 1. The third-order valence-corrected chi connectivity index (χ3v) is 5.00. The maximum atomic E-state index is 5.35. The maximum Gasteiger partial charge on any atom is 0.275 e. The molecule has 4 nitrogen and oxygen atoms in total. The lowest BCUT2D eigenvalue weighted by Gasteiger charge is -2.29. The molecule has 0 saturated carbocycles. The number of hydrogen-bond acceptors (Lipinski definition) is 2. The van der Waals surface area contributed by atoms with Gasteiger partial charge in [0.15, 0.2) is 0 Å². The van der Waals surface area contributed by atoms with E-state index in [1.165, 1.54) is 42.7 Å². The predicted molar refractivity (Wildman–Crippen MR) is 89.8 cm³/mol. The molecule has 1 aliphatic heterocycles. The Balaban J connectivity index is 1.92. The van der Waals surface area contributed by atoms with Gasteiger partial charge in [-0.1, -0.05) is 0 Å². The number of piperidine rings is 1. The number of methoxy groups -OCH3 is 1. The van der Waals surface area contributed by atoms with Gasteiger partial charge < -0.3 is 9.64 Å². The number of quaternary nitrogens is 1. The first-order chi connectivity index (χ1) is 10.6. The van der Waals surface area contributed by atoms with Gasteiger partial charge in [0.05, 0.1) is 34.3 Å². The minimum absolute atomic E-state index is 0.627. The standard InChI is InChI=1S/C18H25N3O/c1-13-11-18(21(3)14-7-9-20(2)10-8-14)19-17-12-15(22-4)5-6-16(13)17/h5-6,11-12,14H,7-10H2,1-4H3/p+2. The molecular formula is C18H27N3O+2. The van der Waals surface area contributed by atoms with Crippen molar-refractivity contribution in [2.24, 2.45) is 0 Å². The third-order valence-electron chi connectivity index (χ3n) is 5.00. The number of nitrogens with one attached hydrogen (secondary N) is 2. The van der Waals surface area contributed by atoms with Crippen LogP contribution in [0.1, 0.15) is 18.4 Å². The number of rotatable bonds is 3. The molecule has 0 amide bonds. The molecule has 22 heavy (non-hydrogen) atoms. The average molecular weight is 301 g/mol. The molecule has 0 atom stereocenters. The second kappa shape index (κ2) is 6.13. The van der Waals surface area contributed by atoms with Crippen LogP contribution in [0.4, 0.5) is 5.82 Å². The van der Waals surface area contributed by atoms with Crippen LogP contribution in [-0.2, 0) is 0 Å². The average Bonchev–Trinajstić information content (AvgIpc) is 2.54. The molecule has 4 heteroatoms. The molecule has 0 spiro atoms. The quantitative estimate of drug-likeness (QED) is 0.920. The molecule has 1 aliphatic rings. The highest BCUT2D eigenvalue weighted by Crippen LogP contribution is 2.24. The van der Waals surface area contributed by atoms with Crippen molar-refractivity contribution in [1.29, 1.82) is 0 Å². The van der Waals surface area contributed by atoms with Crippen LogP contribution in [0.15, 0.2) is 24.3 Å². The van der Waals surface area contributed by atoms with Crippen LogP contribution in [0.25, 0.3) is 10.9 Å². The van der Waals surface area contributed by atoms with Gasteiger partial charge in [0.25, 0.3) is 5.82 Å². The monoisotopic (exact) mass is 301 g/mol. The summed E-state index contributed by atoms with van der Waals surface area (Å²) in [6.07, 6.45) is 2.51. The first kappa shape index (κ1) is 15.1. The molecule has 0 radical (unpaired) electrons. The fraction of sp³-hybridized carbons (Fsp3) is 0.500. The van der Waals surface area contributed by atoms with Gasteiger partial charge in [0, 0.05) is 30.4 Å². The number of fused-ring (bicyclic) bond motifs is 1. The van der Waals surface area contributed by atoms with Crippen LogP contribution in [0.5, 0.6) is 5.75 Å². The summed E-state index contributed by atoms with van der Waals surface area (Å²) in [6, 6.07) is 9.12. The van der Waals surface area contributed by atoms with E-state index in [1.807, 2.05) is 6.07 Å². The number of nitrogens with zero attached hydrogens (tertiary/aromatic N) is 1. The lowest BCUT2D eigenvalue weighted by atomic mass is 10.0. The highest BCUT2D eigenvalue weighted by molar-refractivity contribution is 5.81. The normalized spacial score (nSPS) is 21.8. The first-order valence-electron chi connectivity index (χ1n) is 8.13. The Morgan fingerprint density at radius 2 is 1.95 bits per heavy atom. The number of aromatic amines is 1. The zero-order chi connectivity index (χ0) is 15.7. The van der Waals surface area contributed by atoms with Gasteiger partial charge in [-0.25, -0.2) is 4.98 Å². The second-order valence-corrected chi connectivity index (χ2v) is 6.55. The summed E-state index contributed by atoms with van der Waals surface area (Å²) in [7, 11) is 6.21. The number of aryl methyl sites for hydroxylation is 1. The van der Waals surface area contributed by atoms with E-state index in [9.17, 15) is 0 Å². The summed E-state index contributed by atoms with van der Waals surface area (Å²) >= 11 is 0. The fourth-order valence-corrected chi connectivity index (χ4v) is 3.42. The Labute approximate surface area is 132 Å². The molecule has 0 aliphatic carbocycles. The van der Waals surface area contributed by atoms with Gasteiger partial charge in [0.2, 0.25) is 0 Å². The summed E-state index contributed by atoms with van der Waals surface area (Å²) in [5, 5.41) is 1.26. The van der Waals surface area contributed by atoms with Crippen molar-refractivity contribution in [3.05, 3.63) is 29.8 Å². The van der Waals surface area contributed by atoms with E-state index in [0.29, 0.717) is 6.04 Å². The van der Waals surface area contributed by atoms with Crippen LogP contribution in [0.2, 0.25) is 0 Å². The molecule has 1 fully saturated rings. The number of anilines is 1. The summed E-state index contributed by atoms with van der Waals surface area (Å²) in [5.74, 6) is 2.09. The number of aromatic nitrogens is 1. The zero-order valence-corrected chi connectivity index (χ0v) is 14.1. The van der Waals surface area contributed by atoms with Crippen LogP contribution < -0.4 is 19.5 Å². The van der Waals surface area contributed by atoms with E-state index < -0.39 is 0 Å². The van der Waals surface area contributed by atoms with Gasteiger partial charge in [-0.05, 0) is 24.6 Å². The second-order valence-electron chi connectivity index (χ2n) is 6.55. The van der Waals surface area contributed by atoms with Crippen LogP contribution in [0, 0.1) is 6.92 Å².